The van der Waals surface area contributed by atoms with Crippen LogP contribution in [0.5, 0.6) is 11.5 Å². The number of carboxylic acids is 1. The molecule has 6 amide bonds. The Bertz CT molecular complexity index is 2540. The van der Waals surface area contributed by atoms with Crippen molar-refractivity contribution < 1.29 is 43.3 Å². The number of benzene rings is 2. The third-order valence-electron chi connectivity index (χ3n) is 13.4. The zero-order valence-corrected chi connectivity index (χ0v) is 39.7. The SMILES string of the molecule is COc1ccc2c(O[C@@H]3C[C@H]4C(=O)N[C@]5(C(=O)O)CC5CCCCCCC[C@H](NC(=O)NC(CN5C(=O)c6ccccc6C5=O)C(C)(C)C)C(=O)N4C3)cc(-c3csc(NC(C)C)n3)nc2c1. The molecule has 4 aromatic rings. The van der Waals surface area contributed by atoms with Gasteiger partial charge in [0, 0.05) is 35.4 Å². The molecule has 17 nitrogen and oxygen atoms in total. The lowest BCUT2D eigenvalue weighted by atomic mass is 9.86. The summed E-state index contributed by atoms with van der Waals surface area (Å²) in [7, 11) is 1.57. The summed E-state index contributed by atoms with van der Waals surface area (Å²) in [5, 5.41) is 25.8. The largest absolute Gasteiger partial charge is 0.497 e. The summed E-state index contributed by atoms with van der Waals surface area (Å²) in [6.45, 7) is 9.57. The van der Waals surface area contributed by atoms with E-state index in [0.717, 1.165) is 35.7 Å². The topological polar surface area (TPSA) is 221 Å². The Balaban J connectivity index is 1.08. The Morgan fingerprint density at radius 3 is 2.33 bits per heavy atom. The van der Waals surface area contributed by atoms with Gasteiger partial charge in [-0.3, -0.25) is 24.1 Å². The highest BCUT2D eigenvalue weighted by Crippen LogP contribution is 2.48. The first-order valence-corrected chi connectivity index (χ1v) is 24.1. The molecule has 0 bridgehead atoms. The number of rotatable bonds is 11. The van der Waals surface area contributed by atoms with E-state index in [2.05, 4.69) is 21.3 Å². The molecule has 3 fully saturated rings. The monoisotopic (exact) mass is 936 g/mol. The lowest BCUT2D eigenvalue weighted by Gasteiger charge is -2.35. The number of carboxylic acid groups (broad SMARTS) is 1. The zero-order chi connectivity index (χ0) is 47.8. The minimum Gasteiger partial charge on any atom is -0.497 e. The molecule has 2 aromatic carbocycles. The predicted octanol–water partition coefficient (Wildman–Crippen LogP) is 6.62. The first-order valence-electron chi connectivity index (χ1n) is 23.2. The van der Waals surface area contributed by atoms with Crippen molar-refractivity contribution in [2.75, 3.05) is 25.5 Å². The number of fused-ring (bicyclic) bond motifs is 4. The molecule has 67 heavy (non-hydrogen) atoms. The smallest absolute Gasteiger partial charge is 0.329 e. The molecule has 5 N–H and O–H groups in total. The number of hydrogen-bond acceptors (Lipinski definition) is 12. The fraction of sp³-hybridized carbons (Fsp3) is 0.510. The van der Waals surface area contributed by atoms with E-state index in [1.54, 1.807) is 49.6 Å². The highest BCUT2D eigenvalue weighted by molar-refractivity contribution is 7.14. The van der Waals surface area contributed by atoms with E-state index in [1.165, 1.54) is 16.2 Å². The van der Waals surface area contributed by atoms with Gasteiger partial charge in [-0.1, -0.05) is 65.0 Å². The second kappa shape index (κ2) is 19.1. The summed E-state index contributed by atoms with van der Waals surface area (Å²) in [4.78, 5) is 95.4. The number of methoxy groups -OCH3 is 1. The summed E-state index contributed by atoms with van der Waals surface area (Å²) >= 11 is 1.45. The van der Waals surface area contributed by atoms with Crippen molar-refractivity contribution in [2.24, 2.45) is 11.3 Å². The number of thiazole rings is 1. The summed E-state index contributed by atoms with van der Waals surface area (Å²) in [6.07, 6.45) is 4.42. The Kier molecular flexibility index (Phi) is 13.5. The number of pyridine rings is 1. The maximum atomic E-state index is 15.0. The van der Waals surface area contributed by atoms with Gasteiger partial charge in [-0.25, -0.2) is 19.6 Å². The molecule has 4 aliphatic rings. The Morgan fingerprint density at radius 2 is 1.66 bits per heavy atom. The van der Waals surface area contributed by atoms with Crippen LogP contribution in [0, 0.1) is 11.3 Å². The number of nitrogens with one attached hydrogen (secondary N) is 4. The van der Waals surface area contributed by atoms with Gasteiger partial charge in [0.15, 0.2) is 5.13 Å². The van der Waals surface area contributed by atoms with Crippen LogP contribution in [0.25, 0.3) is 22.3 Å². The van der Waals surface area contributed by atoms with Crippen molar-refractivity contribution in [3.05, 3.63) is 65.0 Å². The molecule has 3 aliphatic heterocycles. The number of amides is 6. The number of hydrogen-bond donors (Lipinski definition) is 5. The number of carbonyl (C=O) groups is 6. The lowest BCUT2D eigenvalue weighted by molar-refractivity contribution is -0.145. The number of aromatic nitrogens is 2. The molecule has 18 heteroatoms. The Morgan fingerprint density at radius 1 is 0.955 bits per heavy atom. The zero-order valence-electron chi connectivity index (χ0n) is 38.8. The van der Waals surface area contributed by atoms with Crippen LogP contribution in [0.3, 0.4) is 0 Å². The fourth-order valence-corrected chi connectivity index (χ4v) is 10.3. The van der Waals surface area contributed by atoms with E-state index < -0.39 is 70.8 Å². The van der Waals surface area contributed by atoms with E-state index in [1.807, 2.05) is 46.1 Å². The van der Waals surface area contributed by atoms with Gasteiger partial charge in [0.25, 0.3) is 11.8 Å². The molecule has 0 spiro atoms. The summed E-state index contributed by atoms with van der Waals surface area (Å²) in [5.41, 5.74) is 0.282. The Labute approximate surface area is 393 Å². The number of ether oxygens (including phenoxy) is 2. The molecular formula is C49H60N8O9S. The average molecular weight is 937 g/mol. The van der Waals surface area contributed by atoms with Gasteiger partial charge in [-0.2, -0.15) is 0 Å². The predicted molar refractivity (Wildman–Crippen MR) is 252 cm³/mol. The van der Waals surface area contributed by atoms with Gasteiger partial charge in [0.1, 0.15) is 40.9 Å². The first kappa shape index (κ1) is 47.2. The molecule has 356 valence electrons. The fourth-order valence-electron chi connectivity index (χ4n) is 9.45. The molecule has 8 rings (SSSR count). The normalized spacial score (nSPS) is 23.9. The van der Waals surface area contributed by atoms with Crippen molar-refractivity contribution in [3.8, 4) is 22.9 Å². The molecule has 2 saturated heterocycles. The minimum absolute atomic E-state index is 0.0394. The molecule has 6 atom stereocenters. The Hall–Kier alpha value is -6.30. The molecule has 2 unspecified atom stereocenters. The van der Waals surface area contributed by atoms with Crippen LogP contribution in [-0.2, 0) is 14.4 Å². The highest BCUT2D eigenvalue weighted by atomic mass is 32.1. The van der Waals surface area contributed by atoms with Crippen molar-refractivity contribution in [1.29, 1.82) is 0 Å². The maximum absolute atomic E-state index is 15.0. The van der Waals surface area contributed by atoms with Crippen LogP contribution < -0.4 is 30.7 Å². The summed E-state index contributed by atoms with van der Waals surface area (Å²) in [5.74, 6) is -2.32. The quantitative estimate of drug-likeness (QED) is 0.100. The molecule has 0 radical (unpaired) electrons. The summed E-state index contributed by atoms with van der Waals surface area (Å²) < 4.78 is 12.3. The van der Waals surface area contributed by atoms with Crippen LogP contribution in [0.2, 0.25) is 0 Å². The van der Waals surface area contributed by atoms with E-state index in [-0.39, 0.29) is 37.9 Å². The lowest BCUT2D eigenvalue weighted by Crippen LogP contribution is -2.59. The van der Waals surface area contributed by atoms with Crippen molar-refractivity contribution in [3.63, 3.8) is 0 Å². The second-order valence-electron chi connectivity index (χ2n) is 19.6. The van der Waals surface area contributed by atoms with Gasteiger partial charge >= 0.3 is 12.0 Å². The van der Waals surface area contributed by atoms with Crippen LogP contribution >= 0.6 is 11.3 Å². The van der Waals surface area contributed by atoms with Gasteiger partial charge in [0.2, 0.25) is 11.8 Å². The maximum Gasteiger partial charge on any atom is 0.329 e. The van der Waals surface area contributed by atoms with Crippen molar-refractivity contribution >= 4 is 63.0 Å². The molecule has 1 saturated carbocycles. The second-order valence-corrected chi connectivity index (χ2v) is 20.4. The summed E-state index contributed by atoms with van der Waals surface area (Å²) in [6, 6.07) is 10.4. The number of nitrogens with zero attached hydrogens (tertiary/aromatic N) is 4. The number of carbonyl (C=O) groups excluding carboxylic acids is 5. The van der Waals surface area contributed by atoms with Crippen molar-refractivity contribution in [2.45, 2.75) is 128 Å². The van der Waals surface area contributed by atoms with Gasteiger partial charge in [-0.05, 0) is 68.7 Å². The van der Waals surface area contributed by atoms with E-state index in [0.29, 0.717) is 64.2 Å². The van der Waals surface area contributed by atoms with Crippen LogP contribution in [-0.4, -0.2) is 117 Å². The number of aliphatic carboxylic acids is 1. The molecule has 2 aromatic heterocycles. The minimum atomic E-state index is -1.43. The van der Waals surface area contributed by atoms with Gasteiger partial charge < -0.3 is 40.7 Å². The van der Waals surface area contributed by atoms with E-state index in [4.69, 9.17) is 19.4 Å². The molecular weight excluding hydrogens is 877 g/mol. The number of anilines is 1. The third kappa shape index (κ3) is 10.0. The number of urea groups is 1. The van der Waals surface area contributed by atoms with Gasteiger partial charge in [-0.15, -0.1) is 11.3 Å². The van der Waals surface area contributed by atoms with Crippen LogP contribution in [0.4, 0.5) is 9.93 Å². The van der Waals surface area contributed by atoms with E-state index in [9.17, 15) is 29.1 Å². The molecule has 1 aliphatic carbocycles. The first-order chi connectivity index (χ1) is 31.9. The molecule has 5 heterocycles. The average Bonchev–Trinajstić information content (AvgIpc) is 3.51. The van der Waals surface area contributed by atoms with E-state index >= 15 is 4.79 Å². The third-order valence-corrected chi connectivity index (χ3v) is 14.1. The van der Waals surface area contributed by atoms with Crippen molar-refractivity contribution in [1.82, 2.24) is 35.7 Å². The number of imide groups is 1. The standard InChI is InChI=1S/C49H60N8O9S/c1-27(2)50-47-53-37(26-67-47)36-22-39(33-19-18-29(65-6)20-35(33)51-36)66-30-21-38-41(58)55-49(45(62)63)23-28(49)14-10-8-7-9-11-17-34(44(61)56(38)24-30)52-46(64)54-40(48(3,4)5)25-57-42(59)31-15-12-13-16-32(31)43(57)60/h12-13,15-16,18-20,22,26-28,30,34,38,40H,7-11,14,17,21,23-25H2,1-6H3,(H,50,53)(H,55,58)(H,62,63)(H2,52,54,64)/t28?,30-,34+,38+,40?,49-/m1/s1. The van der Waals surface area contributed by atoms with Gasteiger partial charge in [0.05, 0.1) is 48.6 Å². The van der Waals surface area contributed by atoms with Crippen LogP contribution in [0.1, 0.15) is 113 Å². The van der Waals surface area contributed by atoms with Crippen LogP contribution in [0.15, 0.2) is 53.9 Å². The highest BCUT2D eigenvalue weighted by Gasteiger charge is 2.62.